The van der Waals surface area contributed by atoms with Crippen molar-refractivity contribution in [1.29, 1.82) is 0 Å². The molecule has 0 radical (unpaired) electrons. The topological polar surface area (TPSA) is 30.2 Å². The van der Waals surface area contributed by atoms with E-state index in [1.54, 1.807) is 0 Å². The number of nitrogens with zero attached hydrogens (tertiary/aromatic N) is 3. The highest BCUT2D eigenvalue weighted by atomic mass is 35.5. The molecule has 0 saturated heterocycles. The van der Waals surface area contributed by atoms with Gasteiger partial charge in [-0.05, 0) is 36.8 Å². The van der Waals surface area contributed by atoms with Crippen LogP contribution in [0.1, 0.15) is 24.0 Å². The molecule has 3 nitrogen and oxygen atoms in total. The van der Waals surface area contributed by atoms with E-state index in [1.165, 1.54) is 30.3 Å². The highest BCUT2D eigenvalue weighted by Gasteiger charge is 2.17. The van der Waals surface area contributed by atoms with Crippen molar-refractivity contribution in [3.05, 3.63) is 28.8 Å². The Balaban J connectivity index is 2.38. The predicted molar refractivity (Wildman–Crippen MR) is 54.6 cm³/mol. The zero-order chi connectivity index (χ0) is 9.54. The number of hydrogen-bond acceptors (Lipinski definition) is 2. The van der Waals surface area contributed by atoms with Gasteiger partial charge in [0.2, 0.25) is 0 Å². The van der Waals surface area contributed by atoms with Crippen LogP contribution in [0.3, 0.4) is 0 Å². The smallest absolute Gasteiger partial charge is 0.156 e. The third-order valence-electron chi connectivity index (χ3n) is 2.85. The monoisotopic (exact) mass is 207 g/mol. The number of hydrogen-bond donors (Lipinski definition) is 0. The fourth-order valence-corrected chi connectivity index (χ4v) is 2.44. The lowest BCUT2D eigenvalue weighted by atomic mass is 9.95. The summed E-state index contributed by atoms with van der Waals surface area (Å²) in [5.74, 6) is 0. The van der Waals surface area contributed by atoms with Gasteiger partial charge in [-0.2, -0.15) is 5.10 Å². The van der Waals surface area contributed by atoms with Gasteiger partial charge in [-0.15, -0.1) is 0 Å². The van der Waals surface area contributed by atoms with Crippen molar-refractivity contribution in [2.45, 2.75) is 25.7 Å². The number of halogens is 1. The average molecular weight is 208 g/mol. The summed E-state index contributed by atoms with van der Waals surface area (Å²) in [6, 6.07) is 0. The lowest BCUT2D eigenvalue weighted by Crippen LogP contribution is -1.99. The highest BCUT2D eigenvalue weighted by molar-refractivity contribution is 6.32. The molecule has 0 unspecified atom stereocenters. The first-order valence-electron chi connectivity index (χ1n) is 4.86. The first-order chi connectivity index (χ1) is 6.86. The molecule has 0 amide bonds. The van der Waals surface area contributed by atoms with E-state index in [0.717, 1.165) is 18.4 Å². The van der Waals surface area contributed by atoms with Crippen molar-refractivity contribution in [3.63, 3.8) is 0 Å². The molecule has 0 saturated carbocycles. The fraction of sp³-hybridized carbons (Fsp3) is 0.400. The van der Waals surface area contributed by atoms with E-state index >= 15 is 0 Å². The van der Waals surface area contributed by atoms with Crippen LogP contribution in [0, 0.1) is 0 Å². The second-order valence-corrected chi connectivity index (χ2v) is 4.04. The van der Waals surface area contributed by atoms with Gasteiger partial charge in [-0.3, -0.25) is 0 Å². The Hall–Kier alpha value is -1.09. The van der Waals surface area contributed by atoms with Gasteiger partial charge in [0.1, 0.15) is 11.8 Å². The minimum atomic E-state index is 0.572. The molecule has 0 fully saturated rings. The lowest BCUT2D eigenvalue weighted by molar-refractivity contribution is 0.693. The summed E-state index contributed by atoms with van der Waals surface area (Å²) in [6.07, 6.45) is 8.36. The van der Waals surface area contributed by atoms with Gasteiger partial charge in [0.15, 0.2) is 5.15 Å². The molecule has 0 bridgehead atoms. The van der Waals surface area contributed by atoms with Crippen LogP contribution in [0.4, 0.5) is 0 Å². The van der Waals surface area contributed by atoms with Crippen LogP contribution < -0.4 is 0 Å². The second kappa shape index (κ2) is 2.95. The Bertz CT molecular complexity index is 489. The van der Waals surface area contributed by atoms with Gasteiger partial charge < -0.3 is 0 Å². The van der Waals surface area contributed by atoms with Crippen molar-refractivity contribution in [1.82, 2.24) is 14.6 Å². The summed E-state index contributed by atoms with van der Waals surface area (Å²) in [6.45, 7) is 0. The molecule has 3 rings (SSSR count). The highest BCUT2D eigenvalue weighted by Crippen LogP contribution is 2.29. The summed E-state index contributed by atoms with van der Waals surface area (Å²) >= 11 is 6.06. The van der Waals surface area contributed by atoms with Gasteiger partial charge in [0, 0.05) is 6.20 Å². The number of fused-ring (bicyclic) bond motifs is 3. The fourth-order valence-electron chi connectivity index (χ4n) is 2.20. The van der Waals surface area contributed by atoms with Gasteiger partial charge in [0.05, 0.1) is 0 Å². The molecule has 14 heavy (non-hydrogen) atoms. The van der Waals surface area contributed by atoms with E-state index < -0.39 is 0 Å². The molecule has 1 aliphatic carbocycles. The predicted octanol–water partition coefficient (Wildman–Crippen LogP) is 2.26. The first-order valence-corrected chi connectivity index (χ1v) is 5.23. The maximum Gasteiger partial charge on any atom is 0.156 e. The Morgan fingerprint density at radius 2 is 2.14 bits per heavy atom. The molecule has 0 aliphatic heterocycles. The number of aryl methyl sites for hydroxylation is 2. The minimum absolute atomic E-state index is 0.572. The van der Waals surface area contributed by atoms with E-state index in [0.29, 0.717) is 5.15 Å². The largest absolute Gasteiger partial charge is 0.236 e. The first kappa shape index (κ1) is 8.24. The second-order valence-electron chi connectivity index (χ2n) is 3.68. The summed E-state index contributed by atoms with van der Waals surface area (Å²) in [5.41, 5.74) is 3.74. The van der Waals surface area contributed by atoms with Crippen molar-refractivity contribution in [3.8, 4) is 0 Å². The Morgan fingerprint density at radius 3 is 3.07 bits per heavy atom. The summed E-state index contributed by atoms with van der Waals surface area (Å²) in [7, 11) is 0. The van der Waals surface area contributed by atoms with E-state index in [1.807, 2.05) is 4.52 Å². The normalized spacial score (nSPS) is 15.8. The van der Waals surface area contributed by atoms with Crippen LogP contribution >= 0.6 is 11.6 Å². The quantitative estimate of drug-likeness (QED) is 0.664. The molecule has 72 valence electrons. The van der Waals surface area contributed by atoms with E-state index in [2.05, 4.69) is 16.3 Å². The molecule has 0 spiro atoms. The van der Waals surface area contributed by atoms with Crippen LogP contribution in [0.25, 0.3) is 5.52 Å². The molecule has 2 aromatic heterocycles. The molecular weight excluding hydrogens is 198 g/mol. The standard InChI is InChI=1S/C10H10ClN3/c11-10-9-8-4-2-1-3-7(8)5-14(9)13-6-12-10/h5-6H,1-4H2. The van der Waals surface area contributed by atoms with Crippen LogP contribution in [0.15, 0.2) is 12.5 Å². The molecule has 1 aliphatic rings. The Kier molecular flexibility index (Phi) is 1.74. The summed E-state index contributed by atoms with van der Waals surface area (Å²) in [5, 5.41) is 4.74. The Labute approximate surface area is 86.7 Å². The van der Waals surface area contributed by atoms with E-state index in [4.69, 9.17) is 11.6 Å². The van der Waals surface area contributed by atoms with Crippen LogP contribution in [-0.4, -0.2) is 14.6 Å². The minimum Gasteiger partial charge on any atom is -0.236 e. The van der Waals surface area contributed by atoms with Crippen molar-refractivity contribution < 1.29 is 0 Å². The summed E-state index contributed by atoms with van der Waals surface area (Å²) in [4.78, 5) is 4.02. The van der Waals surface area contributed by atoms with Gasteiger partial charge in [-0.1, -0.05) is 11.6 Å². The number of rotatable bonds is 0. The van der Waals surface area contributed by atoms with Crippen molar-refractivity contribution >= 4 is 17.1 Å². The van der Waals surface area contributed by atoms with Gasteiger partial charge >= 0.3 is 0 Å². The van der Waals surface area contributed by atoms with Crippen LogP contribution in [-0.2, 0) is 12.8 Å². The van der Waals surface area contributed by atoms with Gasteiger partial charge in [-0.25, -0.2) is 9.50 Å². The molecule has 2 heterocycles. The van der Waals surface area contributed by atoms with Crippen LogP contribution in [0.2, 0.25) is 5.15 Å². The molecule has 2 aromatic rings. The van der Waals surface area contributed by atoms with Crippen molar-refractivity contribution in [2.75, 3.05) is 0 Å². The third kappa shape index (κ3) is 1.05. The summed E-state index contributed by atoms with van der Waals surface area (Å²) < 4.78 is 1.85. The lowest BCUT2D eigenvalue weighted by Gasteiger charge is -2.10. The zero-order valence-electron chi connectivity index (χ0n) is 7.70. The number of aromatic nitrogens is 3. The maximum atomic E-state index is 6.06. The van der Waals surface area contributed by atoms with E-state index in [-0.39, 0.29) is 0 Å². The zero-order valence-corrected chi connectivity index (χ0v) is 8.46. The van der Waals surface area contributed by atoms with Crippen molar-refractivity contribution in [2.24, 2.45) is 0 Å². The Morgan fingerprint density at radius 1 is 1.29 bits per heavy atom. The molecular formula is C10H10ClN3. The maximum absolute atomic E-state index is 6.06. The molecule has 4 heteroatoms. The third-order valence-corrected chi connectivity index (χ3v) is 3.12. The SMILES string of the molecule is Clc1ncnn2cc3c(c12)CCCC3. The average Bonchev–Trinajstić information content (AvgIpc) is 2.57. The molecule has 0 atom stereocenters. The molecule has 0 aromatic carbocycles. The molecule has 0 N–H and O–H groups in total. The van der Waals surface area contributed by atoms with Crippen LogP contribution in [0.5, 0.6) is 0 Å². The van der Waals surface area contributed by atoms with E-state index in [9.17, 15) is 0 Å². The van der Waals surface area contributed by atoms with Gasteiger partial charge in [0.25, 0.3) is 0 Å².